The molecule has 0 saturated carbocycles. The molecule has 1 aromatic rings. The van der Waals surface area contributed by atoms with Gasteiger partial charge in [-0.25, -0.2) is 4.98 Å². The lowest BCUT2D eigenvalue weighted by atomic mass is 9.89. The highest BCUT2D eigenvalue weighted by atomic mass is 15.2. The molecule has 0 aromatic carbocycles. The normalized spacial score (nSPS) is 21.9. The van der Waals surface area contributed by atoms with Gasteiger partial charge in [0.15, 0.2) is 0 Å². The maximum Gasteiger partial charge on any atom is 0.128 e. The zero-order valence-corrected chi connectivity index (χ0v) is 13.2. The SMILES string of the molecule is CC(N)Cc1ccc(N2CCCC(C(C)C)CC2)nc1. The zero-order valence-electron chi connectivity index (χ0n) is 13.2. The van der Waals surface area contributed by atoms with Gasteiger partial charge in [0.2, 0.25) is 0 Å². The van der Waals surface area contributed by atoms with E-state index < -0.39 is 0 Å². The van der Waals surface area contributed by atoms with Crippen molar-refractivity contribution in [3.63, 3.8) is 0 Å². The van der Waals surface area contributed by atoms with Crippen molar-refractivity contribution in [1.29, 1.82) is 0 Å². The van der Waals surface area contributed by atoms with Gasteiger partial charge >= 0.3 is 0 Å². The van der Waals surface area contributed by atoms with Gasteiger partial charge in [-0.3, -0.25) is 0 Å². The van der Waals surface area contributed by atoms with E-state index in [-0.39, 0.29) is 6.04 Å². The van der Waals surface area contributed by atoms with Crippen LogP contribution in [-0.4, -0.2) is 24.1 Å². The summed E-state index contributed by atoms with van der Waals surface area (Å²) in [6.07, 6.45) is 6.83. The van der Waals surface area contributed by atoms with Crippen molar-refractivity contribution < 1.29 is 0 Å². The number of nitrogens with zero attached hydrogens (tertiary/aromatic N) is 2. The summed E-state index contributed by atoms with van der Waals surface area (Å²) in [5, 5.41) is 0. The molecule has 1 aliphatic heterocycles. The molecular formula is C17H29N3. The lowest BCUT2D eigenvalue weighted by Crippen LogP contribution is -2.25. The van der Waals surface area contributed by atoms with E-state index in [2.05, 4.69) is 35.9 Å². The van der Waals surface area contributed by atoms with E-state index >= 15 is 0 Å². The van der Waals surface area contributed by atoms with Crippen molar-refractivity contribution in [3.8, 4) is 0 Å². The number of nitrogens with two attached hydrogens (primary N) is 1. The molecule has 1 saturated heterocycles. The first-order chi connectivity index (χ1) is 9.56. The molecule has 2 atom stereocenters. The topological polar surface area (TPSA) is 42.1 Å². The minimum Gasteiger partial charge on any atom is -0.357 e. The van der Waals surface area contributed by atoms with Gasteiger partial charge in [0, 0.05) is 25.3 Å². The van der Waals surface area contributed by atoms with E-state index in [1.54, 1.807) is 0 Å². The third kappa shape index (κ3) is 4.20. The first-order valence-corrected chi connectivity index (χ1v) is 8.01. The Balaban J connectivity index is 1.97. The Bertz CT molecular complexity index is 397. The number of anilines is 1. The molecule has 2 unspecified atom stereocenters. The quantitative estimate of drug-likeness (QED) is 0.917. The molecule has 3 heteroatoms. The second kappa shape index (κ2) is 7.07. The number of hydrogen-bond acceptors (Lipinski definition) is 3. The van der Waals surface area contributed by atoms with E-state index in [0.29, 0.717) is 0 Å². The standard InChI is InChI=1S/C17H29N3/c1-13(2)16-5-4-9-20(10-8-16)17-7-6-15(12-19-17)11-14(3)18/h6-7,12-14,16H,4-5,8-11,18H2,1-3H3. The third-order valence-electron chi connectivity index (χ3n) is 4.41. The molecule has 2 heterocycles. The molecule has 0 aliphatic carbocycles. The first-order valence-electron chi connectivity index (χ1n) is 8.01. The van der Waals surface area contributed by atoms with E-state index in [9.17, 15) is 0 Å². The fourth-order valence-electron chi connectivity index (χ4n) is 3.11. The maximum absolute atomic E-state index is 5.83. The van der Waals surface area contributed by atoms with Crippen molar-refractivity contribution in [1.82, 2.24) is 4.98 Å². The van der Waals surface area contributed by atoms with Crippen LogP contribution in [0.3, 0.4) is 0 Å². The number of aromatic nitrogens is 1. The average Bonchev–Trinajstić information content (AvgIpc) is 2.64. The van der Waals surface area contributed by atoms with Crippen molar-refractivity contribution >= 4 is 5.82 Å². The Labute approximate surface area is 123 Å². The van der Waals surface area contributed by atoms with Crippen LogP contribution in [0.5, 0.6) is 0 Å². The van der Waals surface area contributed by atoms with Gasteiger partial charge in [-0.1, -0.05) is 19.9 Å². The first kappa shape index (κ1) is 15.3. The minimum atomic E-state index is 0.202. The Morgan fingerprint density at radius 1 is 1.25 bits per heavy atom. The van der Waals surface area contributed by atoms with Crippen LogP contribution in [0.4, 0.5) is 5.82 Å². The molecule has 1 fully saturated rings. The Kier molecular flexibility index (Phi) is 5.41. The molecule has 3 nitrogen and oxygen atoms in total. The van der Waals surface area contributed by atoms with Gasteiger partial charge in [-0.05, 0) is 56.1 Å². The van der Waals surface area contributed by atoms with Gasteiger partial charge in [0.05, 0.1) is 0 Å². The summed E-state index contributed by atoms with van der Waals surface area (Å²) in [6.45, 7) is 9.02. The summed E-state index contributed by atoms with van der Waals surface area (Å²) in [7, 11) is 0. The molecule has 20 heavy (non-hydrogen) atoms. The highest BCUT2D eigenvalue weighted by molar-refractivity contribution is 5.39. The molecule has 1 aromatic heterocycles. The second-order valence-corrected chi connectivity index (χ2v) is 6.63. The largest absolute Gasteiger partial charge is 0.357 e. The van der Waals surface area contributed by atoms with Crippen LogP contribution in [-0.2, 0) is 6.42 Å². The second-order valence-electron chi connectivity index (χ2n) is 6.63. The van der Waals surface area contributed by atoms with Gasteiger partial charge in [-0.15, -0.1) is 0 Å². The van der Waals surface area contributed by atoms with E-state index in [1.165, 1.54) is 24.8 Å². The zero-order chi connectivity index (χ0) is 14.5. The molecule has 1 aliphatic rings. The molecule has 2 rings (SSSR count). The van der Waals surface area contributed by atoms with Crippen LogP contribution >= 0.6 is 0 Å². The van der Waals surface area contributed by atoms with Crippen LogP contribution in [0, 0.1) is 11.8 Å². The van der Waals surface area contributed by atoms with E-state index in [1.807, 2.05) is 13.1 Å². The van der Waals surface area contributed by atoms with Crippen molar-refractivity contribution in [2.75, 3.05) is 18.0 Å². The summed E-state index contributed by atoms with van der Waals surface area (Å²) < 4.78 is 0. The monoisotopic (exact) mass is 275 g/mol. The summed E-state index contributed by atoms with van der Waals surface area (Å²) in [5.74, 6) is 2.80. The van der Waals surface area contributed by atoms with Gasteiger partial charge < -0.3 is 10.6 Å². The number of hydrogen-bond donors (Lipinski definition) is 1. The highest BCUT2D eigenvalue weighted by Gasteiger charge is 2.20. The number of rotatable bonds is 4. The molecule has 112 valence electrons. The Hall–Kier alpha value is -1.09. The van der Waals surface area contributed by atoms with Crippen LogP contribution in [0.1, 0.15) is 45.6 Å². The molecule has 2 N–H and O–H groups in total. The highest BCUT2D eigenvalue weighted by Crippen LogP contribution is 2.26. The lowest BCUT2D eigenvalue weighted by molar-refractivity contribution is 0.351. The summed E-state index contributed by atoms with van der Waals surface area (Å²) in [5.41, 5.74) is 7.07. The number of pyridine rings is 1. The van der Waals surface area contributed by atoms with Crippen LogP contribution < -0.4 is 10.6 Å². The third-order valence-corrected chi connectivity index (χ3v) is 4.41. The molecular weight excluding hydrogens is 246 g/mol. The predicted octanol–water partition coefficient (Wildman–Crippen LogP) is 3.23. The molecule has 0 amide bonds. The van der Waals surface area contributed by atoms with Crippen molar-refractivity contribution in [3.05, 3.63) is 23.9 Å². The summed E-state index contributed by atoms with van der Waals surface area (Å²) in [6, 6.07) is 4.54. The summed E-state index contributed by atoms with van der Waals surface area (Å²) in [4.78, 5) is 7.08. The Morgan fingerprint density at radius 2 is 2.05 bits per heavy atom. The van der Waals surface area contributed by atoms with E-state index in [4.69, 9.17) is 5.73 Å². The summed E-state index contributed by atoms with van der Waals surface area (Å²) >= 11 is 0. The molecule has 0 radical (unpaired) electrons. The average molecular weight is 275 g/mol. The lowest BCUT2D eigenvalue weighted by Gasteiger charge is -2.22. The van der Waals surface area contributed by atoms with Gasteiger partial charge in [0.25, 0.3) is 0 Å². The maximum atomic E-state index is 5.83. The van der Waals surface area contributed by atoms with Gasteiger partial charge in [-0.2, -0.15) is 0 Å². The van der Waals surface area contributed by atoms with Crippen LogP contribution in [0.15, 0.2) is 18.3 Å². The van der Waals surface area contributed by atoms with Crippen molar-refractivity contribution in [2.24, 2.45) is 17.6 Å². The predicted molar refractivity (Wildman–Crippen MR) is 86.0 cm³/mol. The Morgan fingerprint density at radius 3 is 2.65 bits per heavy atom. The minimum absolute atomic E-state index is 0.202. The van der Waals surface area contributed by atoms with Crippen LogP contribution in [0.25, 0.3) is 0 Å². The van der Waals surface area contributed by atoms with Crippen LogP contribution in [0.2, 0.25) is 0 Å². The van der Waals surface area contributed by atoms with Gasteiger partial charge in [0.1, 0.15) is 5.82 Å². The van der Waals surface area contributed by atoms with Crippen molar-refractivity contribution in [2.45, 2.75) is 52.5 Å². The molecule has 0 bridgehead atoms. The smallest absolute Gasteiger partial charge is 0.128 e. The fourth-order valence-corrected chi connectivity index (χ4v) is 3.11. The van der Waals surface area contributed by atoms with E-state index in [0.717, 1.165) is 37.2 Å². The molecule has 0 spiro atoms. The fraction of sp³-hybridized carbons (Fsp3) is 0.706.